The summed E-state index contributed by atoms with van der Waals surface area (Å²) in [7, 11) is 0. The minimum Gasteiger partial charge on any atom is -0.489 e. The number of nitriles is 1. The van der Waals surface area contributed by atoms with E-state index in [1.165, 1.54) is 6.20 Å². The van der Waals surface area contributed by atoms with Gasteiger partial charge in [0.15, 0.2) is 0 Å². The van der Waals surface area contributed by atoms with Crippen molar-refractivity contribution in [1.29, 1.82) is 5.26 Å². The van der Waals surface area contributed by atoms with Gasteiger partial charge in [0, 0.05) is 37.9 Å². The molecule has 1 saturated heterocycles. The van der Waals surface area contributed by atoms with Crippen LogP contribution >= 0.6 is 0 Å². The molecule has 0 aromatic carbocycles. The number of alkyl halides is 3. The third-order valence-electron chi connectivity index (χ3n) is 5.89. The Kier molecular flexibility index (Phi) is 6.74. The minimum absolute atomic E-state index is 0.0583. The second-order valence-corrected chi connectivity index (χ2v) is 8.09. The third kappa shape index (κ3) is 5.46. The molecule has 10 heteroatoms. The van der Waals surface area contributed by atoms with Gasteiger partial charge in [0.25, 0.3) is 0 Å². The third-order valence-corrected chi connectivity index (χ3v) is 5.89. The zero-order valence-corrected chi connectivity index (χ0v) is 17.5. The number of aromatic nitrogens is 3. The van der Waals surface area contributed by atoms with Crippen LogP contribution in [0.25, 0.3) is 0 Å². The summed E-state index contributed by atoms with van der Waals surface area (Å²) < 4.78 is 50.3. The summed E-state index contributed by atoms with van der Waals surface area (Å²) in [6, 6.07) is 3.82. The van der Waals surface area contributed by atoms with Crippen LogP contribution in [0.4, 0.5) is 19.1 Å². The van der Waals surface area contributed by atoms with Crippen LogP contribution in [0.3, 0.4) is 0 Å². The van der Waals surface area contributed by atoms with E-state index in [0.29, 0.717) is 30.4 Å². The molecule has 0 N–H and O–H groups in total. The molecule has 3 heterocycles. The number of hydrogen-bond acceptors (Lipinski definition) is 7. The summed E-state index contributed by atoms with van der Waals surface area (Å²) in [4.78, 5) is 13.6. The molecule has 0 atom stereocenters. The van der Waals surface area contributed by atoms with E-state index in [1.54, 1.807) is 12.3 Å². The van der Waals surface area contributed by atoms with Crippen molar-refractivity contribution in [2.45, 2.75) is 63.0 Å². The molecule has 0 bridgehead atoms. The van der Waals surface area contributed by atoms with E-state index in [-0.39, 0.29) is 18.3 Å². The highest BCUT2D eigenvalue weighted by atomic mass is 19.4. The van der Waals surface area contributed by atoms with Crippen LogP contribution in [-0.2, 0) is 10.9 Å². The van der Waals surface area contributed by atoms with Gasteiger partial charge in [0.2, 0.25) is 5.95 Å². The number of halogens is 3. The minimum atomic E-state index is -4.43. The number of ether oxygens (including phenoxy) is 2. The van der Waals surface area contributed by atoms with Crippen LogP contribution in [0.15, 0.2) is 30.9 Å². The summed E-state index contributed by atoms with van der Waals surface area (Å²) in [6.07, 6.45) is 5.75. The average Bonchev–Trinajstić information content (AvgIpc) is 2.81. The van der Waals surface area contributed by atoms with Crippen LogP contribution in [0.1, 0.15) is 49.7 Å². The van der Waals surface area contributed by atoms with Crippen molar-refractivity contribution >= 4 is 5.95 Å². The molecule has 170 valence electrons. The topological polar surface area (TPSA) is 84.2 Å². The second-order valence-electron chi connectivity index (χ2n) is 8.09. The Hall–Kier alpha value is -2.93. The predicted octanol–water partition coefficient (Wildman–Crippen LogP) is 4.14. The van der Waals surface area contributed by atoms with Gasteiger partial charge in [-0.1, -0.05) is 0 Å². The Labute approximate surface area is 184 Å². The van der Waals surface area contributed by atoms with Gasteiger partial charge in [-0.05, 0) is 44.6 Å². The molecule has 0 radical (unpaired) electrons. The van der Waals surface area contributed by atoms with Crippen molar-refractivity contribution in [1.82, 2.24) is 15.0 Å². The maximum Gasteiger partial charge on any atom is 0.419 e. The Morgan fingerprint density at radius 1 is 0.938 bits per heavy atom. The predicted molar refractivity (Wildman–Crippen MR) is 109 cm³/mol. The quantitative estimate of drug-likeness (QED) is 0.681. The highest BCUT2D eigenvalue weighted by Gasteiger charge is 2.32. The van der Waals surface area contributed by atoms with Gasteiger partial charge in [0.1, 0.15) is 17.4 Å². The maximum atomic E-state index is 12.7. The molecule has 2 aromatic rings. The molecule has 0 amide bonds. The number of anilines is 1. The molecular weight excluding hydrogens is 423 g/mol. The number of nitrogens with zero attached hydrogens (tertiary/aromatic N) is 5. The summed E-state index contributed by atoms with van der Waals surface area (Å²) in [5, 5.41) is 9.16. The van der Waals surface area contributed by atoms with Crippen molar-refractivity contribution in [2.75, 3.05) is 18.0 Å². The molecule has 4 rings (SSSR count). The molecule has 0 spiro atoms. The van der Waals surface area contributed by atoms with E-state index in [1.807, 2.05) is 4.90 Å². The first-order chi connectivity index (χ1) is 15.4. The Balaban J connectivity index is 1.20. The van der Waals surface area contributed by atoms with Gasteiger partial charge in [-0.15, -0.1) is 0 Å². The van der Waals surface area contributed by atoms with Crippen LogP contribution < -0.4 is 9.64 Å². The van der Waals surface area contributed by atoms with E-state index in [0.717, 1.165) is 50.9 Å². The largest absolute Gasteiger partial charge is 0.489 e. The van der Waals surface area contributed by atoms with E-state index in [9.17, 15) is 13.2 Å². The zero-order chi connectivity index (χ0) is 22.6. The molecule has 2 aliphatic rings. The van der Waals surface area contributed by atoms with Gasteiger partial charge in [-0.25, -0.2) is 9.97 Å². The van der Waals surface area contributed by atoms with Gasteiger partial charge >= 0.3 is 6.18 Å². The Morgan fingerprint density at radius 3 is 2.19 bits per heavy atom. The molecule has 1 aliphatic carbocycles. The van der Waals surface area contributed by atoms with Crippen molar-refractivity contribution in [3.63, 3.8) is 0 Å². The van der Waals surface area contributed by atoms with Crippen molar-refractivity contribution in [3.05, 3.63) is 42.0 Å². The number of hydrogen-bond donors (Lipinski definition) is 0. The van der Waals surface area contributed by atoms with Crippen molar-refractivity contribution in [3.8, 4) is 11.8 Å². The first kappa shape index (κ1) is 22.3. The van der Waals surface area contributed by atoms with E-state index < -0.39 is 11.7 Å². The maximum absolute atomic E-state index is 12.7. The lowest BCUT2D eigenvalue weighted by atomic mass is 9.94. The molecule has 0 unspecified atom stereocenters. The van der Waals surface area contributed by atoms with Crippen molar-refractivity contribution < 1.29 is 22.6 Å². The smallest absolute Gasteiger partial charge is 0.419 e. The van der Waals surface area contributed by atoms with Crippen LogP contribution in [0, 0.1) is 11.3 Å². The first-order valence-corrected chi connectivity index (χ1v) is 10.7. The molecule has 32 heavy (non-hydrogen) atoms. The number of piperidine rings is 1. The molecular formula is C22H24F3N5O2. The number of rotatable bonds is 5. The average molecular weight is 447 g/mol. The van der Waals surface area contributed by atoms with Crippen LogP contribution in [0.5, 0.6) is 5.75 Å². The fourth-order valence-corrected chi connectivity index (χ4v) is 4.13. The molecule has 2 aromatic heterocycles. The normalized spacial score (nSPS) is 22.4. The summed E-state index contributed by atoms with van der Waals surface area (Å²) in [5.74, 6) is 0.895. The Bertz CT molecular complexity index is 932. The van der Waals surface area contributed by atoms with E-state index >= 15 is 0 Å². The van der Waals surface area contributed by atoms with E-state index in [2.05, 4.69) is 21.0 Å². The number of pyridine rings is 1. The van der Waals surface area contributed by atoms with Gasteiger partial charge in [-0.2, -0.15) is 18.4 Å². The fourth-order valence-electron chi connectivity index (χ4n) is 4.13. The van der Waals surface area contributed by atoms with E-state index in [4.69, 9.17) is 14.7 Å². The van der Waals surface area contributed by atoms with Crippen molar-refractivity contribution in [2.24, 2.45) is 0 Å². The standard InChI is InChI=1S/C22H24F3N5O2/c23-22(24,25)16-13-28-21(29-14-16)30-9-6-19(7-10-30)31-17-1-3-18(4-2-17)32-20-5-8-27-12-15(20)11-26/h5,8,12-14,17-19H,1-4,6-7,9-10H2. The highest BCUT2D eigenvalue weighted by molar-refractivity contribution is 5.40. The molecule has 7 nitrogen and oxygen atoms in total. The Morgan fingerprint density at radius 2 is 1.56 bits per heavy atom. The van der Waals surface area contributed by atoms with Gasteiger partial charge in [0.05, 0.1) is 23.9 Å². The lowest BCUT2D eigenvalue weighted by Gasteiger charge is -2.36. The zero-order valence-electron chi connectivity index (χ0n) is 17.5. The SMILES string of the molecule is N#Cc1cnccc1OC1CCC(OC2CCN(c3ncc(C(F)(F)F)cn3)CC2)CC1. The second kappa shape index (κ2) is 9.69. The lowest BCUT2D eigenvalue weighted by molar-refractivity contribution is -0.138. The lowest BCUT2D eigenvalue weighted by Crippen LogP contribution is -2.40. The summed E-state index contributed by atoms with van der Waals surface area (Å²) >= 11 is 0. The highest BCUT2D eigenvalue weighted by Crippen LogP contribution is 2.30. The fraction of sp³-hybridized carbons (Fsp3) is 0.545. The van der Waals surface area contributed by atoms with Crippen LogP contribution in [0.2, 0.25) is 0 Å². The molecule has 2 fully saturated rings. The monoisotopic (exact) mass is 447 g/mol. The summed E-state index contributed by atoms with van der Waals surface area (Å²) in [6.45, 7) is 1.29. The van der Waals surface area contributed by atoms with Gasteiger partial charge < -0.3 is 14.4 Å². The summed E-state index contributed by atoms with van der Waals surface area (Å²) in [5.41, 5.74) is -0.401. The molecule has 1 saturated carbocycles. The first-order valence-electron chi connectivity index (χ1n) is 10.7. The van der Waals surface area contributed by atoms with Gasteiger partial charge in [-0.3, -0.25) is 4.98 Å². The van der Waals surface area contributed by atoms with Crippen LogP contribution in [-0.4, -0.2) is 46.4 Å². The molecule has 1 aliphatic heterocycles.